The first kappa shape index (κ1) is 12.4. The Kier molecular flexibility index (Phi) is 2.78. The van der Waals surface area contributed by atoms with E-state index in [1.807, 2.05) is 6.92 Å². The number of anilines is 1. The lowest BCUT2D eigenvalue weighted by molar-refractivity contribution is 0.0571. The van der Waals surface area contributed by atoms with Gasteiger partial charge in [-0.3, -0.25) is 14.5 Å². The predicted molar refractivity (Wildman–Crippen MR) is 73.0 cm³/mol. The zero-order valence-electron chi connectivity index (χ0n) is 11.0. The Hall–Kier alpha value is -2.63. The number of amides is 2. The fraction of sp³-hybridized carbons (Fsp3) is 0.214. The predicted octanol–water partition coefficient (Wildman–Crippen LogP) is 1.74. The van der Waals surface area contributed by atoms with E-state index in [-0.39, 0.29) is 11.8 Å². The van der Waals surface area contributed by atoms with Crippen LogP contribution in [0.1, 0.15) is 45.9 Å². The van der Waals surface area contributed by atoms with Crippen LogP contribution in [0, 0.1) is 0 Å². The quantitative estimate of drug-likeness (QED) is 0.656. The number of benzene rings is 1. The molecule has 0 saturated carbocycles. The molecule has 0 fully saturated rings. The fourth-order valence-electron chi connectivity index (χ4n) is 2.57. The molecule has 0 saturated heterocycles. The highest BCUT2D eigenvalue weighted by Gasteiger charge is 2.41. The van der Waals surface area contributed by atoms with Gasteiger partial charge in [-0.15, -0.1) is 0 Å². The average Bonchev–Trinajstić information content (AvgIpc) is 3.03. The van der Waals surface area contributed by atoms with E-state index in [0.717, 1.165) is 0 Å². The van der Waals surface area contributed by atoms with Gasteiger partial charge in [-0.1, -0.05) is 13.0 Å². The molecule has 6 heteroatoms. The molecule has 1 aliphatic heterocycles. The minimum atomic E-state index is -0.406. The van der Waals surface area contributed by atoms with Crippen molar-refractivity contribution >= 4 is 17.5 Å². The van der Waals surface area contributed by atoms with Crippen molar-refractivity contribution in [2.45, 2.75) is 19.4 Å². The van der Waals surface area contributed by atoms with E-state index in [2.05, 4.69) is 9.97 Å². The normalized spacial score (nSPS) is 15.6. The summed E-state index contributed by atoms with van der Waals surface area (Å²) in [5, 5.41) is 0. The van der Waals surface area contributed by atoms with Gasteiger partial charge in [-0.05, 0) is 18.6 Å². The Bertz CT molecular complexity index is 678. The maximum Gasteiger partial charge on any atom is 0.264 e. The second kappa shape index (κ2) is 4.48. The zero-order valence-corrected chi connectivity index (χ0v) is 11.0. The standard InChI is InChI=1S/C14H14N4O2/c1-2-10(12-16-6-7-17-12)18-13(19)8-4-3-5-9(15)11(8)14(18)20/h3-7,10H,2,15H2,1H3,(H,16,17). The highest BCUT2D eigenvalue weighted by molar-refractivity contribution is 6.23. The summed E-state index contributed by atoms with van der Waals surface area (Å²) in [7, 11) is 0. The molecule has 0 radical (unpaired) electrons. The molecule has 20 heavy (non-hydrogen) atoms. The summed E-state index contributed by atoms with van der Waals surface area (Å²) in [5.41, 5.74) is 6.81. The van der Waals surface area contributed by atoms with Gasteiger partial charge in [0.15, 0.2) is 0 Å². The highest BCUT2D eigenvalue weighted by atomic mass is 16.2. The smallest absolute Gasteiger partial charge is 0.264 e. The van der Waals surface area contributed by atoms with Crippen molar-refractivity contribution < 1.29 is 9.59 Å². The maximum absolute atomic E-state index is 12.5. The minimum absolute atomic E-state index is 0.294. The molecule has 2 amide bonds. The van der Waals surface area contributed by atoms with E-state index in [1.54, 1.807) is 30.6 Å². The van der Waals surface area contributed by atoms with Gasteiger partial charge in [0.05, 0.1) is 17.2 Å². The summed E-state index contributed by atoms with van der Waals surface area (Å²) in [5.74, 6) is -0.0764. The van der Waals surface area contributed by atoms with Crippen LogP contribution in [-0.4, -0.2) is 26.7 Å². The number of hydrogen-bond acceptors (Lipinski definition) is 4. The first-order chi connectivity index (χ1) is 9.65. The van der Waals surface area contributed by atoms with E-state index in [9.17, 15) is 9.59 Å². The third-order valence-electron chi connectivity index (χ3n) is 3.51. The van der Waals surface area contributed by atoms with E-state index in [4.69, 9.17) is 5.73 Å². The molecule has 102 valence electrons. The summed E-state index contributed by atoms with van der Waals surface area (Å²) in [6, 6.07) is 4.52. The topological polar surface area (TPSA) is 92.1 Å². The number of nitrogen functional groups attached to an aromatic ring is 1. The zero-order chi connectivity index (χ0) is 14.3. The van der Waals surface area contributed by atoms with Gasteiger partial charge < -0.3 is 10.7 Å². The Balaban J connectivity index is 2.07. The van der Waals surface area contributed by atoms with Gasteiger partial charge in [-0.25, -0.2) is 4.98 Å². The van der Waals surface area contributed by atoms with Crippen molar-refractivity contribution in [1.29, 1.82) is 0 Å². The summed E-state index contributed by atoms with van der Waals surface area (Å²) in [6.45, 7) is 1.90. The van der Waals surface area contributed by atoms with Crippen LogP contribution in [0.4, 0.5) is 5.69 Å². The van der Waals surface area contributed by atoms with Crippen LogP contribution >= 0.6 is 0 Å². The Labute approximate surface area is 115 Å². The van der Waals surface area contributed by atoms with Crippen LogP contribution in [-0.2, 0) is 0 Å². The minimum Gasteiger partial charge on any atom is -0.398 e. The number of nitrogens with zero attached hydrogens (tertiary/aromatic N) is 2. The molecule has 1 aliphatic rings. The molecular formula is C14H14N4O2. The van der Waals surface area contributed by atoms with E-state index in [0.29, 0.717) is 29.1 Å². The van der Waals surface area contributed by atoms with Gasteiger partial charge in [0.1, 0.15) is 5.82 Å². The van der Waals surface area contributed by atoms with Gasteiger partial charge in [0, 0.05) is 18.1 Å². The van der Waals surface area contributed by atoms with Crippen LogP contribution in [0.3, 0.4) is 0 Å². The number of carbonyl (C=O) groups excluding carboxylic acids is 2. The first-order valence-corrected chi connectivity index (χ1v) is 6.40. The first-order valence-electron chi connectivity index (χ1n) is 6.40. The number of imidazole rings is 1. The molecule has 0 bridgehead atoms. The lowest BCUT2D eigenvalue weighted by Crippen LogP contribution is -2.34. The van der Waals surface area contributed by atoms with Crippen molar-refractivity contribution in [2.75, 3.05) is 5.73 Å². The van der Waals surface area contributed by atoms with Crippen LogP contribution in [0.2, 0.25) is 0 Å². The Morgan fingerprint density at radius 2 is 2.15 bits per heavy atom. The number of hydrogen-bond donors (Lipinski definition) is 2. The van der Waals surface area contributed by atoms with E-state index < -0.39 is 6.04 Å². The average molecular weight is 270 g/mol. The monoisotopic (exact) mass is 270 g/mol. The summed E-state index contributed by atoms with van der Waals surface area (Å²) >= 11 is 0. The number of rotatable bonds is 3. The molecule has 1 aromatic carbocycles. The van der Waals surface area contributed by atoms with E-state index in [1.165, 1.54) is 4.90 Å². The summed E-state index contributed by atoms with van der Waals surface area (Å²) in [6.07, 6.45) is 3.86. The number of imide groups is 1. The van der Waals surface area contributed by atoms with Gasteiger partial charge >= 0.3 is 0 Å². The van der Waals surface area contributed by atoms with Gasteiger partial charge in [0.25, 0.3) is 11.8 Å². The SMILES string of the molecule is CCC(c1ncc[nH]1)N1C(=O)c2cccc(N)c2C1=O. The van der Waals surface area contributed by atoms with Crippen LogP contribution in [0.5, 0.6) is 0 Å². The third-order valence-corrected chi connectivity index (χ3v) is 3.51. The van der Waals surface area contributed by atoms with Crippen molar-refractivity contribution in [1.82, 2.24) is 14.9 Å². The Morgan fingerprint density at radius 1 is 1.35 bits per heavy atom. The van der Waals surface area contributed by atoms with Crippen LogP contribution in [0.15, 0.2) is 30.6 Å². The number of carbonyl (C=O) groups is 2. The molecular weight excluding hydrogens is 256 g/mol. The van der Waals surface area contributed by atoms with Crippen molar-refractivity contribution in [2.24, 2.45) is 0 Å². The lowest BCUT2D eigenvalue weighted by atomic mass is 10.1. The molecule has 2 aromatic rings. The number of nitrogens with two attached hydrogens (primary N) is 1. The second-order valence-electron chi connectivity index (χ2n) is 4.65. The number of H-pyrrole nitrogens is 1. The molecule has 2 heterocycles. The fourth-order valence-corrected chi connectivity index (χ4v) is 2.57. The van der Waals surface area contributed by atoms with Gasteiger partial charge in [0.2, 0.25) is 0 Å². The Morgan fingerprint density at radius 3 is 2.75 bits per heavy atom. The number of nitrogens with one attached hydrogen (secondary N) is 1. The van der Waals surface area contributed by atoms with Crippen LogP contribution < -0.4 is 5.73 Å². The largest absolute Gasteiger partial charge is 0.398 e. The number of aromatic nitrogens is 2. The summed E-state index contributed by atoms with van der Waals surface area (Å²) in [4.78, 5) is 33.3. The molecule has 1 aromatic heterocycles. The van der Waals surface area contributed by atoms with Crippen molar-refractivity contribution in [3.63, 3.8) is 0 Å². The van der Waals surface area contributed by atoms with Crippen molar-refractivity contribution in [3.8, 4) is 0 Å². The third kappa shape index (κ3) is 1.61. The van der Waals surface area contributed by atoms with Crippen LogP contribution in [0.25, 0.3) is 0 Å². The number of aromatic amines is 1. The highest BCUT2D eigenvalue weighted by Crippen LogP contribution is 2.34. The lowest BCUT2D eigenvalue weighted by Gasteiger charge is -2.23. The molecule has 1 unspecified atom stereocenters. The van der Waals surface area contributed by atoms with Crippen molar-refractivity contribution in [3.05, 3.63) is 47.5 Å². The van der Waals surface area contributed by atoms with E-state index >= 15 is 0 Å². The second-order valence-corrected chi connectivity index (χ2v) is 4.65. The number of fused-ring (bicyclic) bond motifs is 1. The molecule has 3 rings (SSSR count). The molecule has 0 aliphatic carbocycles. The maximum atomic E-state index is 12.5. The molecule has 1 atom stereocenters. The molecule has 0 spiro atoms. The van der Waals surface area contributed by atoms with Gasteiger partial charge in [-0.2, -0.15) is 0 Å². The summed E-state index contributed by atoms with van der Waals surface area (Å²) < 4.78 is 0. The molecule has 3 N–H and O–H groups in total. The molecule has 6 nitrogen and oxygen atoms in total.